The van der Waals surface area contributed by atoms with Gasteiger partial charge in [-0.3, -0.25) is 15.2 Å². The summed E-state index contributed by atoms with van der Waals surface area (Å²) >= 11 is 0. The van der Waals surface area contributed by atoms with Crippen LogP contribution in [0.1, 0.15) is 85.1 Å². The van der Waals surface area contributed by atoms with Crippen LogP contribution in [0.3, 0.4) is 0 Å². The molecule has 5 aromatic rings. The Morgan fingerprint density at radius 2 is 1.84 bits per heavy atom. The lowest BCUT2D eigenvalue weighted by molar-refractivity contribution is 0.0805. The lowest BCUT2D eigenvalue weighted by Crippen LogP contribution is -2.52. The van der Waals surface area contributed by atoms with E-state index in [4.69, 9.17) is 14.7 Å². The van der Waals surface area contributed by atoms with Gasteiger partial charge in [0.25, 0.3) is 5.91 Å². The number of hydrazone groups is 1. The van der Waals surface area contributed by atoms with E-state index in [9.17, 15) is 4.79 Å². The highest BCUT2D eigenvalue weighted by Crippen LogP contribution is 2.45. The van der Waals surface area contributed by atoms with E-state index >= 15 is 0 Å². The first-order chi connectivity index (χ1) is 21.4. The molecule has 2 N–H and O–H groups in total. The molecule has 0 saturated heterocycles. The normalized spacial score (nSPS) is 19.5. The average Bonchev–Trinajstić information content (AvgIpc) is 3.82. The topological polar surface area (TPSA) is 98.4 Å². The van der Waals surface area contributed by atoms with Crippen molar-refractivity contribution in [3.05, 3.63) is 83.3 Å². The van der Waals surface area contributed by atoms with E-state index in [1.54, 1.807) is 0 Å². The Morgan fingerprint density at radius 1 is 1.00 bits per heavy atom. The van der Waals surface area contributed by atoms with Crippen molar-refractivity contribution in [1.82, 2.24) is 29.8 Å². The Hall–Kier alpha value is -4.66. The predicted octanol–water partition coefficient (Wildman–Crippen LogP) is 6.22. The smallest absolute Gasteiger partial charge is 0.252 e. The zero-order chi connectivity index (χ0) is 30.0. The van der Waals surface area contributed by atoms with Gasteiger partial charge in [0.15, 0.2) is 6.23 Å². The van der Waals surface area contributed by atoms with E-state index < -0.39 is 5.54 Å². The third-order valence-electron chi connectivity index (χ3n) is 9.92. The first-order valence-corrected chi connectivity index (χ1v) is 15.8. The number of fused-ring (bicyclic) bond motifs is 2. The van der Waals surface area contributed by atoms with E-state index in [1.807, 2.05) is 50.5 Å². The summed E-state index contributed by atoms with van der Waals surface area (Å²) in [5.74, 6) is 1.90. The van der Waals surface area contributed by atoms with Crippen molar-refractivity contribution in [3.8, 4) is 11.4 Å². The number of ether oxygens (including phenoxy) is 1. The number of carbonyl (C=O) groups excluding carboxylic acids is 1. The Morgan fingerprint density at radius 3 is 2.55 bits per heavy atom. The number of rotatable bonds is 6. The van der Waals surface area contributed by atoms with Crippen LogP contribution in [-0.4, -0.2) is 37.1 Å². The van der Waals surface area contributed by atoms with E-state index in [0.29, 0.717) is 17.4 Å². The first kappa shape index (κ1) is 26.9. The molecule has 9 nitrogen and oxygen atoms in total. The number of pyridine rings is 1. The van der Waals surface area contributed by atoms with Crippen molar-refractivity contribution in [2.75, 3.05) is 0 Å². The molecular weight excluding hydrogens is 550 g/mol. The van der Waals surface area contributed by atoms with Gasteiger partial charge in [-0.15, -0.1) is 5.10 Å². The van der Waals surface area contributed by atoms with Crippen molar-refractivity contribution < 1.29 is 9.53 Å². The van der Waals surface area contributed by atoms with Crippen molar-refractivity contribution in [3.63, 3.8) is 0 Å². The van der Waals surface area contributed by atoms with E-state index in [0.717, 1.165) is 52.9 Å². The maximum atomic E-state index is 14.0. The zero-order valence-corrected chi connectivity index (χ0v) is 25.4. The maximum Gasteiger partial charge on any atom is 0.252 e. The molecule has 9 heteroatoms. The van der Waals surface area contributed by atoms with Crippen molar-refractivity contribution in [1.29, 1.82) is 0 Å². The van der Waals surface area contributed by atoms with Gasteiger partial charge in [0.1, 0.15) is 5.82 Å². The molecule has 2 aliphatic carbocycles. The molecule has 1 aliphatic heterocycles. The van der Waals surface area contributed by atoms with Crippen LogP contribution in [0.5, 0.6) is 0 Å². The van der Waals surface area contributed by atoms with Crippen molar-refractivity contribution >= 4 is 33.7 Å². The number of nitrogens with one attached hydrogen (secondary N) is 2. The molecule has 2 fully saturated rings. The molecule has 4 heterocycles. The SMILES string of the molecule is CC1NN=C(c2ccc3nc(C4(NC(=O)c5ccc6c(C7CCCC7)c(-c7ccccn7)n(C)c6c5)CCC4)n(C)c3c2)O1. The highest BCUT2D eigenvalue weighted by molar-refractivity contribution is 6.01. The molecule has 44 heavy (non-hydrogen) atoms. The molecule has 2 saturated carbocycles. The molecule has 0 radical (unpaired) electrons. The summed E-state index contributed by atoms with van der Waals surface area (Å²) < 4.78 is 10.1. The number of hydrogen-bond donors (Lipinski definition) is 2. The monoisotopic (exact) mass is 587 g/mol. The summed E-state index contributed by atoms with van der Waals surface area (Å²) in [6, 6.07) is 18.3. The number of aromatic nitrogens is 4. The minimum Gasteiger partial charge on any atom is -0.451 e. The fourth-order valence-corrected chi connectivity index (χ4v) is 7.52. The van der Waals surface area contributed by atoms with Crippen LogP contribution in [0, 0.1) is 0 Å². The number of carbonyl (C=O) groups is 1. The predicted molar refractivity (Wildman–Crippen MR) is 171 cm³/mol. The fourth-order valence-electron chi connectivity index (χ4n) is 7.52. The van der Waals surface area contributed by atoms with E-state index in [-0.39, 0.29) is 12.1 Å². The molecule has 3 aromatic heterocycles. The maximum absolute atomic E-state index is 14.0. The Labute approximate surface area is 256 Å². The molecule has 1 unspecified atom stereocenters. The highest BCUT2D eigenvalue weighted by Gasteiger charge is 2.44. The third kappa shape index (κ3) is 4.20. The highest BCUT2D eigenvalue weighted by atomic mass is 16.5. The molecule has 1 atom stereocenters. The van der Waals surface area contributed by atoms with Crippen LogP contribution in [-0.2, 0) is 24.4 Å². The van der Waals surface area contributed by atoms with E-state index in [1.165, 1.54) is 42.3 Å². The lowest BCUT2D eigenvalue weighted by atomic mass is 9.75. The second-order valence-electron chi connectivity index (χ2n) is 12.6. The van der Waals surface area contributed by atoms with Gasteiger partial charge in [-0.1, -0.05) is 25.0 Å². The molecule has 224 valence electrons. The van der Waals surface area contributed by atoms with Gasteiger partial charge in [-0.2, -0.15) is 0 Å². The lowest BCUT2D eigenvalue weighted by Gasteiger charge is -2.41. The van der Waals surface area contributed by atoms with Gasteiger partial charge in [0.2, 0.25) is 5.90 Å². The van der Waals surface area contributed by atoms with Gasteiger partial charge < -0.3 is 19.2 Å². The number of amides is 1. The van der Waals surface area contributed by atoms with Gasteiger partial charge in [0, 0.05) is 42.3 Å². The standard InChI is InChI=1S/C35H37N7O2/c1-21-39-40-33(44-21)24-13-15-26-29(20-24)42(3)34(37-26)35(16-8-17-35)38-32(43)23-12-14-25-28(19-23)41(2)31(27-11-6-7-18-36-27)30(25)22-9-4-5-10-22/h6-7,11-15,18-22,39H,4-5,8-10,16-17H2,1-3H3,(H,38,43). The third-order valence-corrected chi connectivity index (χ3v) is 9.92. The summed E-state index contributed by atoms with van der Waals surface area (Å²) in [6.07, 6.45) is 9.35. The quantitative estimate of drug-likeness (QED) is 0.246. The molecule has 3 aliphatic rings. The molecule has 0 bridgehead atoms. The van der Waals surface area contributed by atoms with Crippen molar-refractivity contribution in [2.45, 2.75) is 69.6 Å². The average molecular weight is 588 g/mol. The number of aryl methyl sites for hydroxylation is 2. The van der Waals surface area contributed by atoms with Gasteiger partial charge in [-0.05, 0) is 93.0 Å². The number of benzene rings is 2. The summed E-state index contributed by atoms with van der Waals surface area (Å²) in [5, 5.41) is 8.96. The number of hydrogen-bond acceptors (Lipinski definition) is 6. The second-order valence-corrected chi connectivity index (χ2v) is 12.6. The molecule has 8 rings (SSSR count). The Kier molecular flexibility index (Phi) is 6.25. The number of imidazole rings is 1. The van der Waals surface area contributed by atoms with E-state index in [2.05, 4.69) is 56.3 Å². The van der Waals surface area contributed by atoms with Crippen LogP contribution >= 0.6 is 0 Å². The number of nitrogens with zero attached hydrogens (tertiary/aromatic N) is 5. The minimum absolute atomic E-state index is 0.0730. The van der Waals surface area contributed by atoms with Crippen LogP contribution in [0.15, 0.2) is 65.9 Å². The Bertz CT molecular complexity index is 1940. The van der Waals surface area contributed by atoms with Crippen LogP contribution in [0.4, 0.5) is 0 Å². The summed E-state index contributed by atoms with van der Waals surface area (Å²) in [7, 11) is 4.13. The molecule has 2 aromatic carbocycles. The molecular formula is C35H37N7O2. The first-order valence-electron chi connectivity index (χ1n) is 15.8. The second kappa shape index (κ2) is 10.2. The fraction of sp³-hybridized carbons (Fsp3) is 0.371. The summed E-state index contributed by atoms with van der Waals surface area (Å²) in [6.45, 7) is 1.92. The molecule has 0 spiro atoms. The van der Waals surface area contributed by atoms with Crippen LogP contribution in [0.25, 0.3) is 33.3 Å². The minimum atomic E-state index is -0.514. The van der Waals surface area contributed by atoms with Gasteiger partial charge in [-0.25, -0.2) is 4.98 Å². The van der Waals surface area contributed by atoms with Gasteiger partial charge in [0.05, 0.1) is 28.0 Å². The van der Waals surface area contributed by atoms with Crippen molar-refractivity contribution in [2.24, 2.45) is 19.2 Å². The Balaban J connectivity index is 1.14. The summed E-state index contributed by atoms with van der Waals surface area (Å²) in [5.41, 5.74) is 10.5. The van der Waals surface area contributed by atoms with Crippen LogP contribution < -0.4 is 10.7 Å². The largest absolute Gasteiger partial charge is 0.451 e. The zero-order valence-electron chi connectivity index (χ0n) is 25.4. The van der Waals surface area contributed by atoms with Gasteiger partial charge >= 0.3 is 0 Å². The molecule has 1 amide bonds. The summed E-state index contributed by atoms with van der Waals surface area (Å²) in [4.78, 5) is 23.7. The van der Waals surface area contributed by atoms with Crippen LogP contribution in [0.2, 0.25) is 0 Å².